The number of benzene rings is 1. The van der Waals surface area contributed by atoms with Gasteiger partial charge in [0.1, 0.15) is 0 Å². The Morgan fingerprint density at radius 1 is 1.35 bits per heavy atom. The SMILES string of the molecule is C[C@]1(O)CCCC[C@H]1[C@@H]1CCCN1Cc1cccc(C(N)=O)c1. The second-order valence-electron chi connectivity index (χ2n) is 7.45. The van der Waals surface area contributed by atoms with Crippen molar-refractivity contribution in [3.05, 3.63) is 35.4 Å². The van der Waals surface area contributed by atoms with Gasteiger partial charge in [0, 0.05) is 24.1 Å². The Labute approximate surface area is 138 Å². The maximum Gasteiger partial charge on any atom is 0.248 e. The van der Waals surface area contributed by atoms with Gasteiger partial charge in [-0.1, -0.05) is 25.0 Å². The van der Waals surface area contributed by atoms with Crippen LogP contribution in [0.1, 0.15) is 61.4 Å². The van der Waals surface area contributed by atoms with Crippen LogP contribution >= 0.6 is 0 Å². The molecular formula is C19H28N2O2. The first kappa shape index (κ1) is 16.5. The molecule has 0 radical (unpaired) electrons. The lowest BCUT2D eigenvalue weighted by atomic mass is 9.72. The van der Waals surface area contributed by atoms with Gasteiger partial charge >= 0.3 is 0 Å². The van der Waals surface area contributed by atoms with Crippen molar-refractivity contribution in [2.24, 2.45) is 11.7 Å². The van der Waals surface area contributed by atoms with Crippen LogP contribution in [0.3, 0.4) is 0 Å². The summed E-state index contributed by atoms with van der Waals surface area (Å²) >= 11 is 0. The van der Waals surface area contributed by atoms with Gasteiger partial charge in [-0.25, -0.2) is 0 Å². The zero-order valence-corrected chi connectivity index (χ0v) is 14.0. The second kappa shape index (κ2) is 6.62. The molecule has 0 unspecified atom stereocenters. The van der Waals surface area contributed by atoms with Crippen LogP contribution < -0.4 is 5.73 Å². The highest BCUT2D eigenvalue weighted by Gasteiger charge is 2.43. The molecule has 4 heteroatoms. The number of rotatable bonds is 4. The van der Waals surface area contributed by atoms with Gasteiger partial charge in [-0.15, -0.1) is 0 Å². The Morgan fingerprint density at radius 2 is 2.17 bits per heavy atom. The van der Waals surface area contributed by atoms with E-state index in [1.165, 1.54) is 12.8 Å². The molecule has 2 fully saturated rings. The van der Waals surface area contributed by atoms with Crippen molar-refractivity contribution in [3.8, 4) is 0 Å². The summed E-state index contributed by atoms with van der Waals surface area (Å²) in [5, 5.41) is 10.8. The third-order valence-electron chi connectivity index (χ3n) is 5.72. The summed E-state index contributed by atoms with van der Waals surface area (Å²) in [6, 6.07) is 8.07. The maximum absolute atomic E-state index is 11.4. The van der Waals surface area contributed by atoms with Crippen LogP contribution in [0.15, 0.2) is 24.3 Å². The van der Waals surface area contributed by atoms with Gasteiger partial charge in [0.05, 0.1) is 5.60 Å². The fourth-order valence-corrected chi connectivity index (χ4v) is 4.51. The molecule has 1 aromatic rings. The quantitative estimate of drug-likeness (QED) is 0.897. The summed E-state index contributed by atoms with van der Waals surface area (Å²) in [6.07, 6.45) is 6.75. The lowest BCUT2D eigenvalue weighted by molar-refractivity contribution is -0.0628. The zero-order valence-electron chi connectivity index (χ0n) is 14.0. The monoisotopic (exact) mass is 316 g/mol. The number of primary amides is 1. The van der Waals surface area contributed by atoms with Crippen molar-refractivity contribution in [1.82, 2.24) is 4.90 Å². The molecule has 3 atom stereocenters. The molecule has 0 aromatic heterocycles. The molecule has 2 aliphatic rings. The fraction of sp³-hybridized carbons (Fsp3) is 0.632. The van der Waals surface area contributed by atoms with Gasteiger partial charge in [-0.05, 0) is 56.8 Å². The number of likely N-dealkylation sites (tertiary alicyclic amines) is 1. The van der Waals surface area contributed by atoms with Crippen molar-refractivity contribution in [2.75, 3.05) is 6.54 Å². The number of aliphatic hydroxyl groups is 1. The third-order valence-corrected chi connectivity index (χ3v) is 5.72. The van der Waals surface area contributed by atoms with E-state index in [9.17, 15) is 9.90 Å². The number of hydrogen-bond acceptors (Lipinski definition) is 3. The molecule has 0 spiro atoms. The predicted octanol–water partition coefficient (Wildman–Crippen LogP) is 2.69. The smallest absolute Gasteiger partial charge is 0.248 e. The van der Waals surface area contributed by atoms with Gasteiger partial charge in [-0.3, -0.25) is 9.69 Å². The summed E-state index contributed by atoms with van der Waals surface area (Å²) in [4.78, 5) is 13.9. The molecule has 0 bridgehead atoms. The molecule has 1 aromatic carbocycles. The summed E-state index contributed by atoms with van der Waals surface area (Å²) in [7, 11) is 0. The lowest BCUT2D eigenvalue weighted by Gasteiger charge is -2.43. The van der Waals surface area contributed by atoms with E-state index >= 15 is 0 Å². The molecule has 1 amide bonds. The largest absolute Gasteiger partial charge is 0.390 e. The maximum atomic E-state index is 11.4. The molecule has 3 rings (SSSR count). The molecule has 1 saturated carbocycles. The highest BCUT2D eigenvalue weighted by atomic mass is 16.3. The van der Waals surface area contributed by atoms with E-state index < -0.39 is 5.60 Å². The molecule has 3 N–H and O–H groups in total. The van der Waals surface area contributed by atoms with Crippen LogP contribution in [0, 0.1) is 5.92 Å². The van der Waals surface area contributed by atoms with Gasteiger partial charge in [0.25, 0.3) is 0 Å². The van der Waals surface area contributed by atoms with Crippen LogP contribution in [0.2, 0.25) is 0 Å². The van der Waals surface area contributed by atoms with Gasteiger partial charge in [0.15, 0.2) is 0 Å². The molecule has 1 aliphatic heterocycles. The van der Waals surface area contributed by atoms with E-state index in [1.807, 2.05) is 19.1 Å². The number of nitrogens with two attached hydrogens (primary N) is 1. The summed E-state index contributed by atoms with van der Waals surface area (Å²) in [5.41, 5.74) is 6.54. The van der Waals surface area contributed by atoms with E-state index in [0.29, 0.717) is 17.5 Å². The van der Waals surface area contributed by atoms with Crippen molar-refractivity contribution in [2.45, 2.75) is 63.6 Å². The summed E-state index contributed by atoms with van der Waals surface area (Å²) < 4.78 is 0. The lowest BCUT2D eigenvalue weighted by Crippen LogP contribution is -2.48. The summed E-state index contributed by atoms with van der Waals surface area (Å²) in [6.45, 7) is 3.91. The molecule has 1 saturated heterocycles. The average Bonchev–Trinajstić information content (AvgIpc) is 2.95. The van der Waals surface area contributed by atoms with Crippen LogP contribution in [-0.4, -0.2) is 34.1 Å². The fourth-order valence-electron chi connectivity index (χ4n) is 4.51. The van der Waals surface area contributed by atoms with Crippen molar-refractivity contribution < 1.29 is 9.90 Å². The standard InChI is InChI=1S/C19H28N2O2/c1-19(23)10-3-2-8-16(19)17-9-5-11-21(17)13-14-6-4-7-15(12-14)18(20)22/h4,6-7,12,16-17,23H,2-3,5,8-11,13H2,1H3,(H2,20,22)/t16-,17-,19-/m0/s1. The number of nitrogens with zero attached hydrogens (tertiary/aromatic N) is 1. The van der Waals surface area contributed by atoms with Gasteiger partial charge in [-0.2, -0.15) is 0 Å². The molecule has 23 heavy (non-hydrogen) atoms. The minimum Gasteiger partial charge on any atom is -0.390 e. The number of amides is 1. The van der Waals surface area contributed by atoms with E-state index in [2.05, 4.69) is 11.0 Å². The Hall–Kier alpha value is -1.39. The molecular weight excluding hydrogens is 288 g/mol. The predicted molar refractivity (Wildman–Crippen MR) is 91.0 cm³/mol. The van der Waals surface area contributed by atoms with Gasteiger partial charge < -0.3 is 10.8 Å². The molecule has 4 nitrogen and oxygen atoms in total. The van der Waals surface area contributed by atoms with Crippen molar-refractivity contribution in [1.29, 1.82) is 0 Å². The first-order valence-electron chi connectivity index (χ1n) is 8.82. The summed E-state index contributed by atoms with van der Waals surface area (Å²) in [5.74, 6) is -0.0156. The normalized spacial score (nSPS) is 32.1. The van der Waals surface area contributed by atoms with Crippen molar-refractivity contribution in [3.63, 3.8) is 0 Å². The highest BCUT2D eigenvalue weighted by molar-refractivity contribution is 5.92. The van der Waals surface area contributed by atoms with Gasteiger partial charge in [0.2, 0.25) is 5.91 Å². The first-order chi connectivity index (χ1) is 11.0. The van der Waals surface area contributed by atoms with Crippen molar-refractivity contribution >= 4 is 5.91 Å². The Kier molecular flexibility index (Phi) is 4.74. The molecule has 126 valence electrons. The topological polar surface area (TPSA) is 66.6 Å². The Balaban J connectivity index is 1.74. The van der Waals surface area contributed by atoms with Crippen LogP contribution in [0.5, 0.6) is 0 Å². The van der Waals surface area contributed by atoms with E-state index in [0.717, 1.165) is 44.3 Å². The Morgan fingerprint density at radius 3 is 2.91 bits per heavy atom. The van der Waals surface area contributed by atoms with Crippen LogP contribution in [0.25, 0.3) is 0 Å². The highest BCUT2D eigenvalue weighted by Crippen LogP contribution is 2.41. The van der Waals surface area contributed by atoms with E-state index in [-0.39, 0.29) is 5.91 Å². The van der Waals surface area contributed by atoms with Crippen LogP contribution in [-0.2, 0) is 6.54 Å². The third kappa shape index (κ3) is 3.59. The van der Waals surface area contributed by atoms with E-state index in [1.54, 1.807) is 6.07 Å². The first-order valence-corrected chi connectivity index (χ1v) is 8.82. The minimum atomic E-state index is -0.541. The van der Waals surface area contributed by atoms with Crippen LogP contribution in [0.4, 0.5) is 0 Å². The zero-order chi connectivity index (χ0) is 16.4. The Bertz CT molecular complexity index is 570. The minimum absolute atomic E-state index is 0.359. The number of carbonyl (C=O) groups excluding carboxylic acids is 1. The number of carbonyl (C=O) groups is 1. The number of hydrogen-bond donors (Lipinski definition) is 2. The van der Waals surface area contributed by atoms with E-state index in [4.69, 9.17) is 5.73 Å². The molecule has 1 aliphatic carbocycles. The molecule has 1 heterocycles. The second-order valence-corrected chi connectivity index (χ2v) is 7.45. The average molecular weight is 316 g/mol.